The van der Waals surface area contributed by atoms with Gasteiger partial charge in [-0.05, 0) is 12.8 Å². The molecule has 0 aromatic carbocycles. The van der Waals surface area contributed by atoms with Crippen LogP contribution in [0.3, 0.4) is 0 Å². The molecular formula is C23H50N4O4. The van der Waals surface area contributed by atoms with E-state index in [1.165, 1.54) is 0 Å². The first-order chi connectivity index (χ1) is 14.7. The second-order valence-electron chi connectivity index (χ2n) is 7.31. The molecule has 186 valence electrons. The standard InChI is InChI=1S/C19H38N4O4.2C2H6/c1-5-7-9-22-17(25)15(20)14-16(24)21-10-12-27-13-11-23-18(26)19(3,4)8-6-2;2*1-2/h15H,5-14,20H2,1-4H3,(H,21,24)(H,22,25)(H,23,26);2*1-2H3. The van der Waals surface area contributed by atoms with Crippen LogP contribution < -0.4 is 21.7 Å². The summed E-state index contributed by atoms with van der Waals surface area (Å²) in [6.07, 6.45) is 3.61. The van der Waals surface area contributed by atoms with Gasteiger partial charge < -0.3 is 26.4 Å². The molecule has 0 saturated carbocycles. The van der Waals surface area contributed by atoms with Gasteiger partial charge in [0.1, 0.15) is 0 Å². The third kappa shape index (κ3) is 20.0. The third-order valence-corrected chi connectivity index (χ3v) is 4.16. The maximum Gasteiger partial charge on any atom is 0.237 e. The van der Waals surface area contributed by atoms with Gasteiger partial charge in [-0.2, -0.15) is 0 Å². The monoisotopic (exact) mass is 446 g/mol. The Morgan fingerprint density at radius 2 is 1.42 bits per heavy atom. The number of amides is 3. The second kappa shape index (κ2) is 23.0. The van der Waals surface area contributed by atoms with E-state index in [9.17, 15) is 14.4 Å². The van der Waals surface area contributed by atoms with Crippen LogP contribution in [-0.2, 0) is 19.1 Å². The molecule has 0 bridgehead atoms. The molecule has 5 N–H and O–H groups in total. The molecule has 0 aromatic heterocycles. The van der Waals surface area contributed by atoms with E-state index in [2.05, 4.69) is 22.9 Å². The number of hydrogen-bond acceptors (Lipinski definition) is 5. The Morgan fingerprint density at radius 3 is 1.94 bits per heavy atom. The number of hydrogen-bond donors (Lipinski definition) is 4. The molecule has 1 atom stereocenters. The lowest BCUT2D eigenvalue weighted by atomic mass is 9.87. The van der Waals surface area contributed by atoms with Gasteiger partial charge in [0.25, 0.3) is 0 Å². The predicted molar refractivity (Wildman–Crippen MR) is 129 cm³/mol. The van der Waals surface area contributed by atoms with Gasteiger partial charge in [0.15, 0.2) is 0 Å². The van der Waals surface area contributed by atoms with E-state index in [0.717, 1.165) is 25.7 Å². The van der Waals surface area contributed by atoms with E-state index in [0.29, 0.717) is 32.8 Å². The topological polar surface area (TPSA) is 123 Å². The van der Waals surface area contributed by atoms with E-state index in [-0.39, 0.29) is 29.6 Å². The average Bonchev–Trinajstić information content (AvgIpc) is 2.75. The first-order valence-corrected chi connectivity index (χ1v) is 11.9. The molecule has 31 heavy (non-hydrogen) atoms. The van der Waals surface area contributed by atoms with E-state index in [1.807, 2.05) is 48.5 Å². The second-order valence-corrected chi connectivity index (χ2v) is 7.31. The van der Waals surface area contributed by atoms with Crippen LogP contribution in [-0.4, -0.2) is 56.6 Å². The molecule has 1 unspecified atom stereocenters. The molecule has 0 radical (unpaired) electrons. The van der Waals surface area contributed by atoms with Gasteiger partial charge >= 0.3 is 0 Å². The lowest BCUT2D eigenvalue weighted by Gasteiger charge is -2.22. The highest BCUT2D eigenvalue weighted by atomic mass is 16.5. The van der Waals surface area contributed by atoms with Crippen molar-refractivity contribution in [1.29, 1.82) is 0 Å². The molecule has 0 fully saturated rings. The molecule has 0 aromatic rings. The Bertz CT molecular complexity index is 457. The van der Waals surface area contributed by atoms with Crippen molar-refractivity contribution in [1.82, 2.24) is 16.0 Å². The van der Waals surface area contributed by atoms with Crippen LogP contribution in [0, 0.1) is 5.41 Å². The zero-order chi connectivity index (χ0) is 24.7. The summed E-state index contributed by atoms with van der Waals surface area (Å²) >= 11 is 0. The van der Waals surface area contributed by atoms with Crippen molar-refractivity contribution in [3.05, 3.63) is 0 Å². The number of nitrogens with one attached hydrogen (secondary N) is 3. The summed E-state index contributed by atoms with van der Waals surface area (Å²) in [5.41, 5.74) is 5.34. The lowest BCUT2D eigenvalue weighted by molar-refractivity contribution is -0.130. The summed E-state index contributed by atoms with van der Waals surface area (Å²) in [6.45, 7) is 18.0. The molecule has 8 nitrogen and oxygen atoms in total. The minimum atomic E-state index is -0.843. The highest BCUT2D eigenvalue weighted by molar-refractivity contribution is 5.88. The number of ether oxygens (including phenoxy) is 1. The largest absolute Gasteiger partial charge is 0.378 e. The van der Waals surface area contributed by atoms with E-state index in [4.69, 9.17) is 10.5 Å². The number of carbonyl (C=O) groups is 3. The lowest BCUT2D eigenvalue weighted by Crippen LogP contribution is -2.44. The fourth-order valence-corrected chi connectivity index (χ4v) is 2.46. The third-order valence-electron chi connectivity index (χ3n) is 4.16. The molecule has 3 amide bonds. The van der Waals surface area contributed by atoms with Crippen molar-refractivity contribution in [2.24, 2.45) is 11.1 Å². The van der Waals surface area contributed by atoms with Crippen molar-refractivity contribution in [3.8, 4) is 0 Å². The van der Waals surface area contributed by atoms with Crippen LogP contribution in [0.25, 0.3) is 0 Å². The van der Waals surface area contributed by atoms with Crippen molar-refractivity contribution >= 4 is 17.7 Å². The van der Waals surface area contributed by atoms with E-state index >= 15 is 0 Å². The first-order valence-electron chi connectivity index (χ1n) is 11.9. The van der Waals surface area contributed by atoms with Gasteiger partial charge in [0.2, 0.25) is 17.7 Å². The molecule has 0 spiro atoms. The van der Waals surface area contributed by atoms with Crippen molar-refractivity contribution in [2.75, 3.05) is 32.8 Å². The van der Waals surface area contributed by atoms with Crippen molar-refractivity contribution in [3.63, 3.8) is 0 Å². The van der Waals surface area contributed by atoms with Gasteiger partial charge in [-0.25, -0.2) is 0 Å². The Labute approximate surface area is 190 Å². The Balaban J connectivity index is -0.00000184. The average molecular weight is 447 g/mol. The Morgan fingerprint density at radius 1 is 0.871 bits per heavy atom. The molecule has 0 aliphatic rings. The zero-order valence-corrected chi connectivity index (χ0v) is 21.4. The summed E-state index contributed by atoms with van der Waals surface area (Å²) in [7, 11) is 0. The highest BCUT2D eigenvalue weighted by Crippen LogP contribution is 2.21. The SMILES string of the molecule is CC.CC.CCCCNC(=O)C(N)CC(=O)NCCOCCNC(=O)C(C)(C)CCC. The van der Waals surface area contributed by atoms with E-state index < -0.39 is 6.04 Å². The fourth-order valence-electron chi connectivity index (χ4n) is 2.46. The number of rotatable bonds is 15. The predicted octanol–water partition coefficient (Wildman–Crippen LogP) is 2.75. The minimum Gasteiger partial charge on any atom is -0.378 e. The quantitative estimate of drug-likeness (QED) is 0.288. The highest BCUT2D eigenvalue weighted by Gasteiger charge is 2.25. The van der Waals surface area contributed by atoms with Gasteiger partial charge in [-0.3, -0.25) is 14.4 Å². The Hall–Kier alpha value is -1.67. The van der Waals surface area contributed by atoms with Gasteiger partial charge in [-0.1, -0.05) is 68.2 Å². The van der Waals surface area contributed by atoms with Crippen LogP contribution >= 0.6 is 0 Å². The Kier molecular flexibility index (Phi) is 25.2. The summed E-state index contributed by atoms with van der Waals surface area (Å²) in [5, 5.41) is 8.22. The van der Waals surface area contributed by atoms with Gasteiger partial charge in [0.05, 0.1) is 25.7 Å². The fraction of sp³-hybridized carbons (Fsp3) is 0.870. The van der Waals surface area contributed by atoms with Crippen LogP contribution in [0.5, 0.6) is 0 Å². The summed E-state index contributed by atoms with van der Waals surface area (Å²) in [4.78, 5) is 35.5. The normalized spacial score (nSPS) is 11.1. The zero-order valence-electron chi connectivity index (χ0n) is 21.4. The summed E-state index contributed by atoms with van der Waals surface area (Å²) in [6, 6.07) is -0.843. The number of unbranched alkanes of at least 4 members (excludes halogenated alkanes) is 1. The van der Waals surface area contributed by atoms with Crippen LogP contribution in [0.1, 0.15) is 87.5 Å². The minimum absolute atomic E-state index is 0.0208. The van der Waals surface area contributed by atoms with Crippen LogP contribution in [0.15, 0.2) is 0 Å². The number of nitrogens with two attached hydrogens (primary N) is 1. The van der Waals surface area contributed by atoms with E-state index in [1.54, 1.807) is 0 Å². The molecule has 0 saturated heterocycles. The van der Waals surface area contributed by atoms with Gasteiger partial charge in [-0.15, -0.1) is 0 Å². The van der Waals surface area contributed by atoms with Crippen LogP contribution in [0.2, 0.25) is 0 Å². The molecule has 0 aliphatic carbocycles. The maximum absolute atomic E-state index is 12.0. The first kappa shape index (κ1) is 34.0. The molecule has 0 aliphatic heterocycles. The summed E-state index contributed by atoms with van der Waals surface area (Å²) < 4.78 is 5.39. The smallest absolute Gasteiger partial charge is 0.237 e. The maximum atomic E-state index is 12.0. The number of carbonyl (C=O) groups excluding carboxylic acids is 3. The molecular weight excluding hydrogens is 396 g/mol. The molecule has 8 heteroatoms. The van der Waals surface area contributed by atoms with Gasteiger partial charge in [0, 0.05) is 25.0 Å². The van der Waals surface area contributed by atoms with Crippen molar-refractivity contribution in [2.45, 2.75) is 93.5 Å². The van der Waals surface area contributed by atoms with Crippen molar-refractivity contribution < 1.29 is 19.1 Å². The molecule has 0 rings (SSSR count). The summed E-state index contributed by atoms with van der Waals surface area (Å²) in [5.74, 6) is -0.574. The molecule has 0 heterocycles. The van der Waals surface area contributed by atoms with Crippen LogP contribution in [0.4, 0.5) is 0 Å².